The monoisotopic (exact) mass is 287 g/mol. The molecule has 2 rings (SSSR count). The number of esters is 1. The van der Waals surface area contributed by atoms with Crippen LogP contribution in [-0.2, 0) is 4.74 Å². The molecule has 0 spiro atoms. The Morgan fingerprint density at radius 1 is 1.14 bits per heavy atom. The second kappa shape index (κ2) is 6.04. The van der Waals surface area contributed by atoms with Crippen molar-refractivity contribution in [1.29, 1.82) is 0 Å². The Bertz CT molecular complexity index is 679. The number of carbonyl (C=O) groups excluding carboxylic acids is 1. The number of nitro groups is 1. The number of rotatable bonds is 4. The molecule has 6 heteroatoms. The highest BCUT2D eigenvalue weighted by atomic mass is 16.6. The van der Waals surface area contributed by atoms with E-state index in [9.17, 15) is 14.9 Å². The van der Waals surface area contributed by atoms with Crippen molar-refractivity contribution in [2.75, 3.05) is 7.11 Å². The highest BCUT2D eigenvalue weighted by molar-refractivity contribution is 5.89. The molecule has 21 heavy (non-hydrogen) atoms. The van der Waals surface area contributed by atoms with E-state index in [0.717, 1.165) is 5.56 Å². The lowest BCUT2D eigenvalue weighted by molar-refractivity contribution is -0.384. The first-order valence-corrected chi connectivity index (χ1v) is 6.12. The molecule has 2 aromatic rings. The van der Waals surface area contributed by atoms with Crippen LogP contribution >= 0.6 is 0 Å². The highest BCUT2D eigenvalue weighted by Gasteiger charge is 2.11. The van der Waals surface area contributed by atoms with Crippen molar-refractivity contribution in [3.05, 3.63) is 63.7 Å². The number of nitro benzene ring substituents is 1. The average Bonchev–Trinajstić information content (AvgIpc) is 2.49. The van der Waals surface area contributed by atoms with Gasteiger partial charge in [-0.25, -0.2) is 4.79 Å². The van der Waals surface area contributed by atoms with Crippen molar-refractivity contribution < 1.29 is 19.2 Å². The Morgan fingerprint density at radius 3 is 2.38 bits per heavy atom. The van der Waals surface area contributed by atoms with Crippen LogP contribution in [0.1, 0.15) is 15.9 Å². The number of hydrogen-bond donors (Lipinski definition) is 0. The minimum atomic E-state index is -0.480. The van der Waals surface area contributed by atoms with E-state index < -0.39 is 10.9 Å². The number of non-ortho nitro benzene ring substituents is 1. The molecule has 0 aliphatic carbocycles. The molecule has 108 valence electrons. The molecule has 0 N–H and O–H groups in total. The summed E-state index contributed by atoms with van der Waals surface area (Å²) < 4.78 is 10.2. The van der Waals surface area contributed by atoms with Crippen LogP contribution < -0.4 is 4.74 Å². The third kappa shape index (κ3) is 3.36. The summed E-state index contributed by atoms with van der Waals surface area (Å²) in [5.41, 5.74) is 1.14. The summed E-state index contributed by atoms with van der Waals surface area (Å²) in [7, 11) is 1.30. The van der Waals surface area contributed by atoms with E-state index in [1.54, 1.807) is 37.3 Å². The smallest absolute Gasteiger partial charge is 0.337 e. The SMILES string of the molecule is COC(=O)c1ccc(Oc2cc([N+](=O)[O-])ccc2C)cc1. The number of aryl methyl sites for hydroxylation is 1. The van der Waals surface area contributed by atoms with E-state index in [4.69, 9.17) is 4.74 Å². The molecular formula is C15H13NO5. The standard InChI is InChI=1S/C15H13NO5/c1-10-3-6-12(16(18)19)9-14(10)21-13-7-4-11(5-8-13)15(17)20-2/h3-9H,1-2H3. The molecule has 0 saturated heterocycles. The molecule has 2 aromatic carbocycles. The van der Waals surface area contributed by atoms with Gasteiger partial charge in [-0.2, -0.15) is 0 Å². The zero-order chi connectivity index (χ0) is 15.4. The summed E-state index contributed by atoms with van der Waals surface area (Å²) in [4.78, 5) is 21.6. The molecule has 0 aromatic heterocycles. The third-order valence-electron chi connectivity index (χ3n) is 2.89. The zero-order valence-electron chi connectivity index (χ0n) is 11.5. The molecule has 6 nitrogen and oxygen atoms in total. The molecule has 0 bridgehead atoms. The Labute approximate surface area is 121 Å². The van der Waals surface area contributed by atoms with Gasteiger partial charge in [-0.15, -0.1) is 0 Å². The Hall–Kier alpha value is -2.89. The fraction of sp³-hybridized carbons (Fsp3) is 0.133. The third-order valence-corrected chi connectivity index (χ3v) is 2.89. The highest BCUT2D eigenvalue weighted by Crippen LogP contribution is 2.29. The van der Waals surface area contributed by atoms with Crippen molar-refractivity contribution in [1.82, 2.24) is 0 Å². The lowest BCUT2D eigenvalue weighted by Gasteiger charge is -2.09. The molecule has 0 fully saturated rings. The topological polar surface area (TPSA) is 78.7 Å². The number of methoxy groups -OCH3 is 1. The van der Waals surface area contributed by atoms with E-state index in [2.05, 4.69) is 4.74 Å². The van der Waals surface area contributed by atoms with Crippen LogP contribution in [0.3, 0.4) is 0 Å². The summed E-state index contributed by atoms with van der Waals surface area (Å²) in [5, 5.41) is 10.8. The molecular weight excluding hydrogens is 274 g/mol. The van der Waals surface area contributed by atoms with Gasteiger partial charge in [0.2, 0.25) is 0 Å². The Morgan fingerprint density at radius 2 is 1.81 bits per heavy atom. The molecule has 0 aliphatic heterocycles. The summed E-state index contributed by atoms with van der Waals surface area (Å²) in [6, 6.07) is 10.7. The number of ether oxygens (including phenoxy) is 2. The van der Waals surface area contributed by atoms with Crippen LogP contribution in [-0.4, -0.2) is 18.0 Å². The van der Waals surface area contributed by atoms with Gasteiger partial charge in [0.25, 0.3) is 5.69 Å². The van der Waals surface area contributed by atoms with Crippen LogP contribution in [0.5, 0.6) is 11.5 Å². The van der Waals surface area contributed by atoms with Crippen LogP contribution in [0, 0.1) is 17.0 Å². The fourth-order valence-corrected chi connectivity index (χ4v) is 1.72. The van der Waals surface area contributed by atoms with Gasteiger partial charge in [0.1, 0.15) is 11.5 Å². The van der Waals surface area contributed by atoms with Gasteiger partial charge in [0, 0.05) is 6.07 Å². The molecule has 0 atom stereocenters. The summed E-state index contributed by atoms with van der Waals surface area (Å²) in [6.07, 6.45) is 0. The number of hydrogen-bond acceptors (Lipinski definition) is 5. The summed E-state index contributed by atoms with van der Waals surface area (Å²) in [5.74, 6) is 0.439. The Balaban J connectivity index is 2.23. The zero-order valence-corrected chi connectivity index (χ0v) is 11.5. The molecule has 0 saturated carbocycles. The molecule has 0 amide bonds. The lowest BCUT2D eigenvalue weighted by Crippen LogP contribution is -2.00. The maximum absolute atomic E-state index is 11.3. The van der Waals surface area contributed by atoms with Gasteiger partial charge in [0.05, 0.1) is 23.7 Å². The quantitative estimate of drug-likeness (QED) is 0.488. The van der Waals surface area contributed by atoms with Gasteiger partial charge in [-0.3, -0.25) is 10.1 Å². The summed E-state index contributed by atoms with van der Waals surface area (Å²) in [6.45, 7) is 1.79. The first-order valence-electron chi connectivity index (χ1n) is 6.12. The van der Waals surface area contributed by atoms with Gasteiger partial charge < -0.3 is 9.47 Å². The maximum atomic E-state index is 11.3. The predicted molar refractivity (Wildman–Crippen MR) is 75.7 cm³/mol. The number of carbonyl (C=O) groups is 1. The van der Waals surface area contributed by atoms with Crippen LogP contribution in [0.25, 0.3) is 0 Å². The van der Waals surface area contributed by atoms with Crippen molar-refractivity contribution in [2.24, 2.45) is 0 Å². The van der Waals surface area contributed by atoms with E-state index in [0.29, 0.717) is 17.1 Å². The van der Waals surface area contributed by atoms with Crippen LogP contribution in [0.2, 0.25) is 0 Å². The van der Waals surface area contributed by atoms with Crippen LogP contribution in [0.15, 0.2) is 42.5 Å². The largest absolute Gasteiger partial charge is 0.465 e. The normalized spacial score (nSPS) is 10.0. The van der Waals surface area contributed by atoms with Gasteiger partial charge >= 0.3 is 5.97 Å². The van der Waals surface area contributed by atoms with Gasteiger partial charge in [-0.1, -0.05) is 0 Å². The van der Waals surface area contributed by atoms with Crippen LogP contribution in [0.4, 0.5) is 5.69 Å². The summed E-state index contributed by atoms with van der Waals surface area (Å²) >= 11 is 0. The predicted octanol–water partition coefficient (Wildman–Crippen LogP) is 3.48. The van der Waals surface area contributed by atoms with Gasteiger partial charge in [-0.05, 0) is 42.8 Å². The molecule has 0 unspecified atom stereocenters. The minimum absolute atomic E-state index is 0.0400. The first-order chi connectivity index (χ1) is 10.0. The van der Waals surface area contributed by atoms with Gasteiger partial charge in [0.15, 0.2) is 0 Å². The maximum Gasteiger partial charge on any atom is 0.337 e. The second-order valence-electron chi connectivity index (χ2n) is 4.32. The minimum Gasteiger partial charge on any atom is -0.465 e. The van der Waals surface area contributed by atoms with Crippen molar-refractivity contribution >= 4 is 11.7 Å². The van der Waals surface area contributed by atoms with E-state index in [-0.39, 0.29) is 5.69 Å². The van der Waals surface area contributed by atoms with E-state index >= 15 is 0 Å². The molecule has 0 aliphatic rings. The van der Waals surface area contributed by atoms with Crippen molar-refractivity contribution in [2.45, 2.75) is 6.92 Å². The first kappa shape index (κ1) is 14.5. The van der Waals surface area contributed by atoms with E-state index in [1.807, 2.05) is 0 Å². The average molecular weight is 287 g/mol. The number of nitrogens with zero attached hydrogens (tertiary/aromatic N) is 1. The second-order valence-corrected chi connectivity index (χ2v) is 4.32. The molecule has 0 radical (unpaired) electrons. The lowest BCUT2D eigenvalue weighted by atomic mass is 10.2. The van der Waals surface area contributed by atoms with E-state index in [1.165, 1.54) is 19.2 Å². The molecule has 0 heterocycles. The Kier molecular flexibility index (Phi) is 4.18. The number of benzene rings is 2. The van der Waals surface area contributed by atoms with Crippen molar-refractivity contribution in [3.63, 3.8) is 0 Å². The van der Waals surface area contributed by atoms with Crippen molar-refractivity contribution in [3.8, 4) is 11.5 Å². The fourth-order valence-electron chi connectivity index (χ4n) is 1.72.